The van der Waals surface area contributed by atoms with Gasteiger partial charge in [0.2, 0.25) is 10.0 Å². The number of nitrogens with one attached hydrogen (secondary N) is 2. The van der Waals surface area contributed by atoms with Gasteiger partial charge in [-0.3, -0.25) is 14.0 Å². The lowest BCUT2D eigenvalue weighted by Gasteiger charge is -2.30. The molecule has 5 rings (SSSR count). The highest BCUT2D eigenvalue weighted by molar-refractivity contribution is 7.92. The van der Waals surface area contributed by atoms with Gasteiger partial charge < -0.3 is 15.4 Å². The van der Waals surface area contributed by atoms with Crippen molar-refractivity contribution in [3.05, 3.63) is 90.0 Å². The highest BCUT2D eigenvalue weighted by Gasteiger charge is 2.28. The predicted molar refractivity (Wildman–Crippen MR) is 148 cm³/mol. The molecule has 0 saturated carbocycles. The van der Waals surface area contributed by atoms with Crippen LogP contribution >= 0.6 is 0 Å². The van der Waals surface area contributed by atoms with E-state index in [1.165, 1.54) is 10.6 Å². The number of fused-ring (bicyclic) bond motifs is 1. The molecule has 0 aromatic heterocycles. The third kappa shape index (κ3) is 5.69. The van der Waals surface area contributed by atoms with Crippen molar-refractivity contribution in [2.24, 2.45) is 0 Å². The third-order valence-corrected chi connectivity index (χ3v) is 7.73. The number of anilines is 3. The molecule has 2 N–H and O–H groups in total. The zero-order valence-electron chi connectivity index (χ0n) is 20.7. The number of hydrogen-bond donors (Lipinski definition) is 2. The van der Waals surface area contributed by atoms with E-state index in [1.54, 1.807) is 12.1 Å². The highest BCUT2D eigenvalue weighted by Crippen LogP contribution is 2.37. The molecule has 3 aromatic rings. The van der Waals surface area contributed by atoms with Crippen LogP contribution in [-0.4, -0.2) is 64.9 Å². The lowest BCUT2D eigenvalue weighted by molar-refractivity contribution is -0.110. The second-order valence-corrected chi connectivity index (χ2v) is 11.0. The van der Waals surface area contributed by atoms with E-state index in [0.717, 1.165) is 35.6 Å². The van der Waals surface area contributed by atoms with E-state index < -0.39 is 10.0 Å². The minimum absolute atomic E-state index is 0.171. The molecular formula is C28H30N4O4S. The Hall–Kier alpha value is -3.66. The van der Waals surface area contributed by atoms with Crippen molar-refractivity contribution in [1.82, 2.24) is 4.90 Å². The number of morpholine rings is 1. The largest absolute Gasteiger partial charge is 0.379 e. The summed E-state index contributed by atoms with van der Waals surface area (Å²) < 4.78 is 32.0. The quantitative estimate of drug-likeness (QED) is 0.442. The van der Waals surface area contributed by atoms with Crippen molar-refractivity contribution < 1.29 is 17.9 Å². The first-order chi connectivity index (χ1) is 17.9. The number of ether oxygens (including phenoxy) is 1. The van der Waals surface area contributed by atoms with Crippen LogP contribution in [0.4, 0.5) is 17.1 Å². The Balaban J connectivity index is 1.43. The molecule has 2 aliphatic rings. The van der Waals surface area contributed by atoms with Gasteiger partial charge in [0.25, 0.3) is 5.91 Å². The van der Waals surface area contributed by atoms with Gasteiger partial charge in [-0.25, -0.2) is 8.42 Å². The fourth-order valence-corrected chi connectivity index (χ4v) is 5.57. The molecule has 0 spiro atoms. The smallest absolute Gasteiger partial charge is 0.258 e. The van der Waals surface area contributed by atoms with Gasteiger partial charge in [-0.2, -0.15) is 0 Å². The van der Waals surface area contributed by atoms with Crippen LogP contribution in [0.5, 0.6) is 0 Å². The maximum absolute atomic E-state index is 13.0. The standard InChI is InChI=1S/C28H30N4O4S/c1-37(34,35)32(16-15-31-17-19-36-20-18-31)23-13-11-22(12-14-23)29-27(21-7-3-2-4-8-21)26-24-9-5-6-10-25(24)30-28(26)33/h2-14,29H,15-20H2,1H3,(H,30,33)/b27-26-. The molecule has 0 radical (unpaired) electrons. The SMILES string of the molecule is CS(=O)(=O)N(CCN1CCOCC1)c1ccc(N/C(=C2\C(=O)Nc3ccccc32)c2ccccc2)cc1. The zero-order valence-corrected chi connectivity index (χ0v) is 21.5. The second kappa shape index (κ2) is 10.8. The topological polar surface area (TPSA) is 91.0 Å². The Bertz CT molecular complexity index is 1400. The molecule has 1 saturated heterocycles. The first-order valence-electron chi connectivity index (χ1n) is 12.3. The molecule has 0 atom stereocenters. The fourth-order valence-electron chi connectivity index (χ4n) is 4.65. The predicted octanol–water partition coefficient (Wildman–Crippen LogP) is 3.72. The van der Waals surface area contributed by atoms with Gasteiger partial charge in [0.15, 0.2) is 0 Å². The normalized spacial score (nSPS) is 17.2. The van der Waals surface area contributed by atoms with E-state index in [0.29, 0.717) is 43.3 Å². The number of carbonyl (C=O) groups is 1. The van der Waals surface area contributed by atoms with Gasteiger partial charge in [-0.1, -0.05) is 48.5 Å². The van der Waals surface area contributed by atoms with Crippen LogP contribution in [-0.2, 0) is 19.6 Å². The number of hydrogen-bond acceptors (Lipinski definition) is 6. The molecule has 8 nitrogen and oxygen atoms in total. The average Bonchev–Trinajstić information content (AvgIpc) is 3.24. The summed E-state index contributed by atoms with van der Waals surface area (Å²) in [4.78, 5) is 15.2. The summed E-state index contributed by atoms with van der Waals surface area (Å²) in [5, 5.41) is 6.37. The van der Waals surface area contributed by atoms with Crippen molar-refractivity contribution in [2.75, 3.05) is 60.6 Å². The van der Waals surface area contributed by atoms with Crippen molar-refractivity contribution >= 4 is 44.3 Å². The van der Waals surface area contributed by atoms with Gasteiger partial charge >= 0.3 is 0 Å². The summed E-state index contributed by atoms with van der Waals surface area (Å²) in [5.41, 5.74) is 5.07. The van der Waals surface area contributed by atoms with Crippen LogP contribution in [0.25, 0.3) is 11.3 Å². The Labute approximate surface area is 217 Å². The second-order valence-electron chi connectivity index (χ2n) is 9.08. The van der Waals surface area contributed by atoms with Crippen molar-refractivity contribution in [3.8, 4) is 0 Å². The number of sulfonamides is 1. The molecule has 9 heteroatoms. The molecule has 192 valence electrons. The average molecular weight is 519 g/mol. The number of amides is 1. The summed E-state index contributed by atoms with van der Waals surface area (Å²) in [7, 11) is -3.46. The van der Waals surface area contributed by atoms with Crippen molar-refractivity contribution in [2.45, 2.75) is 0 Å². The van der Waals surface area contributed by atoms with E-state index in [2.05, 4.69) is 15.5 Å². The zero-order chi connectivity index (χ0) is 25.8. The molecule has 2 aliphatic heterocycles. The van der Waals surface area contributed by atoms with Gasteiger partial charge in [-0.15, -0.1) is 0 Å². The monoisotopic (exact) mass is 518 g/mol. The highest BCUT2D eigenvalue weighted by atomic mass is 32.2. The third-order valence-electron chi connectivity index (χ3n) is 6.53. The molecule has 3 aromatic carbocycles. The Morgan fingerprint density at radius 3 is 2.35 bits per heavy atom. The molecule has 2 heterocycles. The van der Waals surface area contributed by atoms with Gasteiger partial charge in [0.05, 0.1) is 36.4 Å². The van der Waals surface area contributed by atoms with E-state index >= 15 is 0 Å². The molecule has 37 heavy (non-hydrogen) atoms. The Morgan fingerprint density at radius 2 is 1.65 bits per heavy atom. The molecule has 0 unspecified atom stereocenters. The molecule has 1 fully saturated rings. The first-order valence-corrected chi connectivity index (χ1v) is 14.1. The van der Waals surface area contributed by atoms with Crippen LogP contribution in [0.15, 0.2) is 78.9 Å². The summed E-state index contributed by atoms with van der Waals surface area (Å²) in [6.45, 7) is 3.93. The Kier molecular flexibility index (Phi) is 7.27. The molecule has 0 bridgehead atoms. The van der Waals surface area contributed by atoms with Gasteiger partial charge in [0, 0.05) is 43.1 Å². The summed E-state index contributed by atoms with van der Waals surface area (Å²) >= 11 is 0. The Morgan fingerprint density at radius 1 is 0.973 bits per heavy atom. The fraction of sp³-hybridized carbons (Fsp3) is 0.250. The van der Waals surface area contributed by atoms with Gasteiger partial charge in [0.1, 0.15) is 0 Å². The summed E-state index contributed by atoms with van der Waals surface area (Å²) in [5.74, 6) is -0.171. The van der Waals surface area contributed by atoms with Crippen LogP contribution < -0.4 is 14.9 Å². The number of para-hydroxylation sites is 1. The van der Waals surface area contributed by atoms with Crippen LogP contribution in [0.3, 0.4) is 0 Å². The summed E-state index contributed by atoms with van der Waals surface area (Å²) in [6.07, 6.45) is 1.23. The van der Waals surface area contributed by atoms with E-state index in [-0.39, 0.29) is 5.91 Å². The van der Waals surface area contributed by atoms with E-state index in [4.69, 9.17) is 4.74 Å². The van der Waals surface area contributed by atoms with Crippen molar-refractivity contribution in [3.63, 3.8) is 0 Å². The van der Waals surface area contributed by atoms with Crippen molar-refractivity contribution in [1.29, 1.82) is 0 Å². The number of carbonyl (C=O) groups excluding carboxylic acids is 1. The molecular weight excluding hydrogens is 488 g/mol. The minimum Gasteiger partial charge on any atom is -0.379 e. The lowest BCUT2D eigenvalue weighted by Crippen LogP contribution is -2.43. The van der Waals surface area contributed by atoms with Gasteiger partial charge in [-0.05, 0) is 35.9 Å². The minimum atomic E-state index is -3.46. The number of nitrogens with zero attached hydrogens (tertiary/aromatic N) is 2. The maximum atomic E-state index is 13.0. The lowest BCUT2D eigenvalue weighted by atomic mass is 10.00. The number of rotatable bonds is 8. The molecule has 1 amide bonds. The van der Waals surface area contributed by atoms with Crippen LogP contribution in [0.1, 0.15) is 11.1 Å². The van der Waals surface area contributed by atoms with E-state index in [1.807, 2.05) is 66.7 Å². The van der Waals surface area contributed by atoms with Crippen LogP contribution in [0, 0.1) is 0 Å². The van der Waals surface area contributed by atoms with E-state index in [9.17, 15) is 13.2 Å². The molecule has 0 aliphatic carbocycles. The number of benzene rings is 3. The first kappa shape index (κ1) is 25.0. The summed E-state index contributed by atoms with van der Waals surface area (Å²) in [6, 6.07) is 24.6. The maximum Gasteiger partial charge on any atom is 0.258 e. The van der Waals surface area contributed by atoms with Crippen LogP contribution in [0.2, 0.25) is 0 Å².